The third-order valence-electron chi connectivity index (χ3n) is 2.47. The van der Waals surface area contributed by atoms with E-state index in [0.717, 1.165) is 11.1 Å². The number of aliphatic hydroxyl groups excluding tert-OH is 1. The van der Waals surface area contributed by atoms with E-state index in [1.807, 2.05) is 24.3 Å². The number of aromatic nitrogens is 2. The topological polar surface area (TPSA) is 75.1 Å². The maximum Gasteiger partial charge on any atom is 0.253 e. The second-order valence-corrected chi connectivity index (χ2v) is 3.79. The van der Waals surface area contributed by atoms with Gasteiger partial charge in [-0.1, -0.05) is 24.3 Å². The SMILES string of the molecule is O=C(NCc1cccc(CO)c1)c1ccnnc1. The molecule has 0 aliphatic carbocycles. The van der Waals surface area contributed by atoms with Crippen molar-refractivity contribution in [2.24, 2.45) is 0 Å². The number of amides is 1. The minimum absolute atomic E-state index is 0.00391. The molecule has 5 heteroatoms. The summed E-state index contributed by atoms with van der Waals surface area (Å²) in [4.78, 5) is 11.7. The number of nitrogens with zero attached hydrogens (tertiary/aromatic N) is 2. The normalized spacial score (nSPS) is 10.1. The van der Waals surface area contributed by atoms with Crippen LogP contribution in [0.2, 0.25) is 0 Å². The molecule has 92 valence electrons. The highest BCUT2D eigenvalue weighted by atomic mass is 16.3. The molecule has 0 saturated carbocycles. The summed E-state index contributed by atoms with van der Waals surface area (Å²) < 4.78 is 0. The Morgan fingerprint density at radius 2 is 2.06 bits per heavy atom. The fourth-order valence-corrected chi connectivity index (χ4v) is 1.55. The van der Waals surface area contributed by atoms with Crippen LogP contribution in [0.1, 0.15) is 21.5 Å². The van der Waals surface area contributed by atoms with Crippen LogP contribution < -0.4 is 5.32 Å². The largest absolute Gasteiger partial charge is 0.392 e. The van der Waals surface area contributed by atoms with Gasteiger partial charge in [0.1, 0.15) is 0 Å². The summed E-state index contributed by atoms with van der Waals surface area (Å²) in [5, 5.41) is 19.0. The van der Waals surface area contributed by atoms with Crippen molar-refractivity contribution >= 4 is 5.91 Å². The molecule has 0 unspecified atom stereocenters. The molecule has 0 fully saturated rings. The van der Waals surface area contributed by atoms with Crippen molar-refractivity contribution in [3.05, 3.63) is 59.4 Å². The molecule has 1 aromatic carbocycles. The average molecular weight is 243 g/mol. The molecular weight excluding hydrogens is 230 g/mol. The molecule has 0 atom stereocenters. The monoisotopic (exact) mass is 243 g/mol. The van der Waals surface area contributed by atoms with Gasteiger partial charge in [-0.3, -0.25) is 4.79 Å². The molecule has 5 nitrogen and oxygen atoms in total. The lowest BCUT2D eigenvalue weighted by Gasteiger charge is -2.06. The molecule has 0 spiro atoms. The van der Waals surface area contributed by atoms with Gasteiger partial charge in [0.15, 0.2) is 0 Å². The van der Waals surface area contributed by atoms with Gasteiger partial charge in [0.2, 0.25) is 0 Å². The first-order valence-corrected chi connectivity index (χ1v) is 5.53. The first kappa shape index (κ1) is 12.2. The number of carbonyl (C=O) groups excluding carboxylic acids is 1. The molecule has 1 amide bonds. The molecular formula is C13H13N3O2. The maximum atomic E-state index is 11.7. The highest BCUT2D eigenvalue weighted by molar-refractivity contribution is 5.93. The van der Waals surface area contributed by atoms with Crippen LogP contribution in [0.15, 0.2) is 42.7 Å². The minimum atomic E-state index is -0.195. The lowest BCUT2D eigenvalue weighted by Crippen LogP contribution is -2.23. The Kier molecular flexibility index (Phi) is 3.98. The van der Waals surface area contributed by atoms with Gasteiger partial charge in [-0.2, -0.15) is 10.2 Å². The van der Waals surface area contributed by atoms with E-state index >= 15 is 0 Å². The molecule has 0 bridgehead atoms. The lowest BCUT2D eigenvalue weighted by molar-refractivity contribution is 0.0950. The fraction of sp³-hybridized carbons (Fsp3) is 0.154. The molecule has 0 saturated heterocycles. The zero-order valence-corrected chi connectivity index (χ0v) is 9.71. The standard InChI is InChI=1S/C13H13N3O2/c17-9-11-3-1-2-10(6-11)7-14-13(18)12-4-5-15-16-8-12/h1-6,8,17H,7,9H2,(H,14,18). The summed E-state index contributed by atoms with van der Waals surface area (Å²) in [6.45, 7) is 0.408. The molecule has 0 radical (unpaired) electrons. The number of hydrogen-bond donors (Lipinski definition) is 2. The van der Waals surface area contributed by atoms with Crippen molar-refractivity contribution in [2.75, 3.05) is 0 Å². The second kappa shape index (κ2) is 5.88. The number of benzene rings is 1. The van der Waals surface area contributed by atoms with Crippen LogP contribution in [0.3, 0.4) is 0 Å². The number of carbonyl (C=O) groups is 1. The van der Waals surface area contributed by atoms with Gasteiger partial charge in [0.05, 0.1) is 24.6 Å². The third-order valence-corrected chi connectivity index (χ3v) is 2.47. The summed E-state index contributed by atoms with van der Waals surface area (Å²) in [5.74, 6) is -0.195. The third kappa shape index (κ3) is 3.11. The van der Waals surface area contributed by atoms with Crippen LogP contribution in [0.25, 0.3) is 0 Å². The molecule has 0 aliphatic rings. The quantitative estimate of drug-likeness (QED) is 0.836. The first-order valence-electron chi connectivity index (χ1n) is 5.53. The minimum Gasteiger partial charge on any atom is -0.392 e. The van der Waals surface area contributed by atoms with E-state index in [0.29, 0.717) is 12.1 Å². The number of rotatable bonds is 4. The smallest absolute Gasteiger partial charge is 0.253 e. The van der Waals surface area contributed by atoms with Gasteiger partial charge in [-0.25, -0.2) is 0 Å². The van der Waals surface area contributed by atoms with Crippen LogP contribution >= 0.6 is 0 Å². The van der Waals surface area contributed by atoms with E-state index < -0.39 is 0 Å². The fourth-order valence-electron chi connectivity index (χ4n) is 1.55. The average Bonchev–Trinajstić information content (AvgIpc) is 2.46. The first-order chi connectivity index (χ1) is 8.79. The predicted octanol–water partition coefficient (Wildman–Crippen LogP) is 0.899. The van der Waals surface area contributed by atoms with Crippen molar-refractivity contribution in [3.8, 4) is 0 Å². The highest BCUT2D eigenvalue weighted by Gasteiger charge is 2.04. The number of nitrogens with one attached hydrogen (secondary N) is 1. The summed E-state index contributed by atoms with van der Waals surface area (Å²) in [6.07, 6.45) is 2.89. The van der Waals surface area contributed by atoms with E-state index in [1.165, 1.54) is 12.4 Å². The molecule has 1 heterocycles. The Morgan fingerprint density at radius 1 is 1.22 bits per heavy atom. The second-order valence-electron chi connectivity index (χ2n) is 3.79. The van der Waals surface area contributed by atoms with Crippen LogP contribution in [-0.2, 0) is 13.2 Å². The van der Waals surface area contributed by atoms with Gasteiger partial charge in [0, 0.05) is 6.54 Å². The highest BCUT2D eigenvalue weighted by Crippen LogP contribution is 2.05. The van der Waals surface area contributed by atoms with Crippen molar-refractivity contribution in [1.29, 1.82) is 0 Å². The maximum absolute atomic E-state index is 11.7. The molecule has 2 rings (SSSR count). The summed E-state index contributed by atoms with van der Waals surface area (Å²) in [5.41, 5.74) is 2.24. The van der Waals surface area contributed by atoms with Crippen LogP contribution in [0.5, 0.6) is 0 Å². The van der Waals surface area contributed by atoms with Gasteiger partial charge in [-0.05, 0) is 17.2 Å². The Bertz CT molecular complexity index is 529. The van der Waals surface area contributed by atoms with E-state index in [9.17, 15) is 4.79 Å². The molecule has 2 N–H and O–H groups in total. The van der Waals surface area contributed by atoms with E-state index in [1.54, 1.807) is 6.07 Å². The Hall–Kier alpha value is -2.27. The molecule has 2 aromatic rings. The lowest BCUT2D eigenvalue weighted by atomic mass is 10.1. The van der Waals surface area contributed by atoms with Crippen LogP contribution in [-0.4, -0.2) is 21.2 Å². The van der Waals surface area contributed by atoms with Crippen LogP contribution in [0.4, 0.5) is 0 Å². The summed E-state index contributed by atoms with van der Waals surface area (Å²) in [6, 6.07) is 9.03. The van der Waals surface area contributed by atoms with Crippen molar-refractivity contribution in [2.45, 2.75) is 13.2 Å². The number of hydrogen-bond acceptors (Lipinski definition) is 4. The predicted molar refractivity (Wildman–Crippen MR) is 65.6 cm³/mol. The zero-order chi connectivity index (χ0) is 12.8. The van der Waals surface area contributed by atoms with E-state index in [-0.39, 0.29) is 12.5 Å². The van der Waals surface area contributed by atoms with Gasteiger partial charge < -0.3 is 10.4 Å². The Labute approximate surface area is 104 Å². The Balaban J connectivity index is 1.97. The van der Waals surface area contributed by atoms with Crippen molar-refractivity contribution < 1.29 is 9.90 Å². The van der Waals surface area contributed by atoms with Gasteiger partial charge in [-0.15, -0.1) is 0 Å². The zero-order valence-electron chi connectivity index (χ0n) is 9.71. The van der Waals surface area contributed by atoms with Crippen molar-refractivity contribution in [3.63, 3.8) is 0 Å². The van der Waals surface area contributed by atoms with Gasteiger partial charge >= 0.3 is 0 Å². The molecule has 18 heavy (non-hydrogen) atoms. The summed E-state index contributed by atoms with van der Waals surface area (Å²) >= 11 is 0. The van der Waals surface area contributed by atoms with E-state index in [2.05, 4.69) is 15.5 Å². The molecule has 1 aromatic heterocycles. The molecule has 0 aliphatic heterocycles. The van der Waals surface area contributed by atoms with Crippen LogP contribution in [0, 0.1) is 0 Å². The number of aliphatic hydroxyl groups is 1. The van der Waals surface area contributed by atoms with Gasteiger partial charge in [0.25, 0.3) is 5.91 Å². The van der Waals surface area contributed by atoms with E-state index in [4.69, 9.17) is 5.11 Å². The van der Waals surface area contributed by atoms with Crippen molar-refractivity contribution in [1.82, 2.24) is 15.5 Å². The summed E-state index contributed by atoms with van der Waals surface area (Å²) in [7, 11) is 0. The Morgan fingerprint density at radius 3 is 2.78 bits per heavy atom.